The predicted octanol–water partition coefficient (Wildman–Crippen LogP) is 0.836. The molecule has 0 bridgehead atoms. The molecule has 0 saturated carbocycles. The van der Waals surface area contributed by atoms with Gasteiger partial charge < -0.3 is 15.3 Å². The van der Waals surface area contributed by atoms with E-state index in [1.807, 2.05) is 6.92 Å². The van der Waals surface area contributed by atoms with Crippen LogP contribution in [-0.4, -0.2) is 41.0 Å². The molecule has 5 heteroatoms. The Labute approximate surface area is 124 Å². The minimum Gasteiger partial charge on any atom is -0.391 e. The Balaban J connectivity index is 2.00. The highest BCUT2D eigenvalue weighted by molar-refractivity contribution is 6.39. The van der Waals surface area contributed by atoms with Gasteiger partial charge in [0.1, 0.15) is 0 Å². The van der Waals surface area contributed by atoms with Gasteiger partial charge in [0.2, 0.25) is 0 Å². The summed E-state index contributed by atoms with van der Waals surface area (Å²) in [5.41, 5.74) is 1.11. The molecule has 1 saturated heterocycles. The number of benzene rings is 1. The van der Waals surface area contributed by atoms with Crippen LogP contribution in [0.3, 0.4) is 0 Å². The summed E-state index contributed by atoms with van der Waals surface area (Å²) in [6.45, 7) is 2.60. The van der Waals surface area contributed by atoms with E-state index in [-0.39, 0.29) is 12.5 Å². The molecular weight excluding hydrogens is 268 g/mol. The number of amides is 2. The fourth-order valence-electron chi connectivity index (χ4n) is 2.25. The van der Waals surface area contributed by atoms with E-state index in [1.165, 1.54) is 4.90 Å². The average molecular weight is 286 g/mol. The number of aliphatic hydroxyl groups excluding tert-OH is 1. The van der Waals surface area contributed by atoms with Crippen molar-refractivity contribution >= 4 is 17.5 Å². The van der Waals surface area contributed by atoms with Gasteiger partial charge in [-0.3, -0.25) is 9.59 Å². The molecule has 2 N–H and O–H groups in total. The number of anilines is 1. The normalized spacial score (nSPS) is 21.5. The zero-order valence-electron chi connectivity index (χ0n) is 11.9. The van der Waals surface area contributed by atoms with E-state index in [9.17, 15) is 14.7 Å². The van der Waals surface area contributed by atoms with Gasteiger partial charge in [0, 0.05) is 24.3 Å². The van der Waals surface area contributed by atoms with Crippen molar-refractivity contribution < 1.29 is 14.7 Å². The fraction of sp³-hybridized carbons (Fsp3) is 0.375. The number of piperidine rings is 1. The minimum absolute atomic E-state index is 0.143. The minimum atomic E-state index is -0.717. The van der Waals surface area contributed by atoms with E-state index >= 15 is 0 Å². The molecule has 1 heterocycles. The molecule has 5 nitrogen and oxygen atoms in total. The second kappa shape index (κ2) is 6.42. The number of aliphatic hydroxyl groups is 1. The molecule has 2 unspecified atom stereocenters. The molecule has 1 aromatic carbocycles. The number of rotatable bonds is 1. The molecule has 0 aromatic heterocycles. The zero-order valence-corrected chi connectivity index (χ0v) is 11.9. The Morgan fingerprint density at radius 3 is 2.90 bits per heavy atom. The maximum atomic E-state index is 12.1. The molecule has 0 radical (unpaired) electrons. The number of nitrogens with zero attached hydrogens (tertiary/aromatic N) is 1. The summed E-state index contributed by atoms with van der Waals surface area (Å²) in [5.74, 6) is 1.26. The van der Waals surface area contributed by atoms with Crippen LogP contribution in [0.25, 0.3) is 0 Å². The second-order valence-electron chi connectivity index (χ2n) is 5.26. The molecule has 2 atom stereocenters. The molecule has 21 heavy (non-hydrogen) atoms. The summed E-state index contributed by atoms with van der Waals surface area (Å²) in [6.07, 6.45) is 5.39. The van der Waals surface area contributed by atoms with Gasteiger partial charge in [-0.2, -0.15) is 0 Å². The molecule has 0 spiro atoms. The standard InChI is InChI=1S/C16H18N2O3/c1-3-12-5-4-6-13(9-12)17-15(20)16(21)18-8-7-11(2)14(19)10-18/h1,4-6,9,11,14,19H,7-8,10H2,2H3,(H,17,20). The summed E-state index contributed by atoms with van der Waals surface area (Å²) in [5, 5.41) is 12.3. The number of likely N-dealkylation sites (tertiary alicyclic amines) is 1. The third-order valence-corrected chi connectivity index (χ3v) is 3.69. The van der Waals surface area contributed by atoms with Crippen LogP contribution in [0.1, 0.15) is 18.9 Å². The fourth-order valence-corrected chi connectivity index (χ4v) is 2.25. The average Bonchev–Trinajstić information content (AvgIpc) is 2.49. The van der Waals surface area contributed by atoms with Gasteiger partial charge in [-0.1, -0.05) is 18.9 Å². The highest BCUT2D eigenvalue weighted by atomic mass is 16.3. The lowest BCUT2D eigenvalue weighted by Crippen LogP contribution is -2.49. The van der Waals surface area contributed by atoms with Crippen LogP contribution in [0.4, 0.5) is 5.69 Å². The third kappa shape index (κ3) is 3.61. The highest BCUT2D eigenvalue weighted by Gasteiger charge is 2.30. The van der Waals surface area contributed by atoms with Crippen molar-refractivity contribution in [2.24, 2.45) is 5.92 Å². The van der Waals surface area contributed by atoms with E-state index in [0.717, 1.165) is 0 Å². The summed E-state index contributed by atoms with van der Waals surface area (Å²) < 4.78 is 0. The lowest BCUT2D eigenvalue weighted by molar-refractivity contribution is -0.146. The number of carbonyl (C=O) groups excluding carboxylic acids is 2. The summed E-state index contributed by atoms with van der Waals surface area (Å²) in [6, 6.07) is 6.74. The van der Waals surface area contributed by atoms with Gasteiger partial charge in [0.15, 0.2) is 0 Å². The molecule has 2 amide bonds. The van der Waals surface area contributed by atoms with Crippen molar-refractivity contribution in [3.8, 4) is 12.3 Å². The van der Waals surface area contributed by atoms with Gasteiger partial charge in [0.05, 0.1) is 6.10 Å². The number of terminal acetylenes is 1. The van der Waals surface area contributed by atoms with Crippen LogP contribution in [-0.2, 0) is 9.59 Å². The van der Waals surface area contributed by atoms with E-state index in [4.69, 9.17) is 6.42 Å². The van der Waals surface area contributed by atoms with Crippen molar-refractivity contribution in [3.63, 3.8) is 0 Å². The largest absolute Gasteiger partial charge is 0.391 e. The van der Waals surface area contributed by atoms with Crippen molar-refractivity contribution in [2.75, 3.05) is 18.4 Å². The van der Waals surface area contributed by atoms with E-state index in [2.05, 4.69) is 11.2 Å². The maximum absolute atomic E-state index is 12.1. The number of hydrogen-bond donors (Lipinski definition) is 2. The third-order valence-electron chi connectivity index (χ3n) is 3.69. The number of hydrogen-bond acceptors (Lipinski definition) is 3. The van der Waals surface area contributed by atoms with Crippen LogP contribution in [0.2, 0.25) is 0 Å². The van der Waals surface area contributed by atoms with Crippen molar-refractivity contribution in [1.29, 1.82) is 0 Å². The quantitative estimate of drug-likeness (QED) is 0.593. The van der Waals surface area contributed by atoms with Gasteiger partial charge in [-0.05, 0) is 30.5 Å². The monoisotopic (exact) mass is 286 g/mol. The van der Waals surface area contributed by atoms with Crippen LogP contribution in [0.5, 0.6) is 0 Å². The Kier molecular flexibility index (Phi) is 4.61. The molecule has 1 fully saturated rings. The van der Waals surface area contributed by atoms with Crippen molar-refractivity contribution in [2.45, 2.75) is 19.4 Å². The van der Waals surface area contributed by atoms with E-state index < -0.39 is 17.9 Å². The SMILES string of the molecule is C#Cc1cccc(NC(=O)C(=O)N2CCC(C)C(O)C2)c1. The van der Waals surface area contributed by atoms with Crippen LogP contribution >= 0.6 is 0 Å². The number of β-amino-alcohol motifs (C(OH)–C–C–N with tert-alkyl or cyclic N) is 1. The zero-order chi connectivity index (χ0) is 15.4. The molecular formula is C16H18N2O3. The highest BCUT2D eigenvalue weighted by Crippen LogP contribution is 2.17. The van der Waals surface area contributed by atoms with Crippen LogP contribution in [0.15, 0.2) is 24.3 Å². The smallest absolute Gasteiger partial charge is 0.313 e. The Morgan fingerprint density at radius 1 is 1.48 bits per heavy atom. The van der Waals surface area contributed by atoms with E-state index in [0.29, 0.717) is 24.2 Å². The first-order valence-electron chi connectivity index (χ1n) is 6.86. The topological polar surface area (TPSA) is 69.6 Å². The first kappa shape index (κ1) is 15.1. The second-order valence-corrected chi connectivity index (χ2v) is 5.26. The number of nitrogens with one attached hydrogen (secondary N) is 1. The first-order chi connectivity index (χ1) is 10.0. The molecule has 1 aromatic rings. The lowest BCUT2D eigenvalue weighted by Gasteiger charge is -2.33. The van der Waals surface area contributed by atoms with E-state index in [1.54, 1.807) is 24.3 Å². The summed E-state index contributed by atoms with van der Waals surface area (Å²) in [7, 11) is 0. The predicted molar refractivity (Wildman–Crippen MR) is 79.4 cm³/mol. The van der Waals surface area contributed by atoms with Crippen LogP contribution in [0, 0.1) is 18.3 Å². The summed E-state index contributed by atoms with van der Waals surface area (Å²) in [4.78, 5) is 25.4. The maximum Gasteiger partial charge on any atom is 0.313 e. The van der Waals surface area contributed by atoms with Gasteiger partial charge in [-0.15, -0.1) is 6.42 Å². The Morgan fingerprint density at radius 2 is 2.24 bits per heavy atom. The Bertz CT molecular complexity index is 591. The Hall–Kier alpha value is -2.32. The first-order valence-corrected chi connectivity index (χ1v) is 6.86. The van der Waals surface area contributed by atoms with Gasteiger partial charge >= 0.3 is 11.8 Å². The molecule has 0 aliphatic carbocycles. The van der Waals surface area contributed by atoms with Crippen molar-refractivity contribution in [1.82, 2.24) is 4.90 Å². The molecule has 2 rings (SSSR count). The summed E-state index contributed by atoms with van der Waals surface area (Å²) >= 11 is 0. The molecule has 1 aliphatic rings. The molecule has 1 aliphatic heterocycles. The number of carbonyl (C=O) groups is 2. The molecule has 110 valence electrons. The lowest BCUT2D eigenvalue weighted by atomic mass is 9.96. The van der Waals surface area contributed by atoms with Crippen LogP contribution < -0.4 is 5.32 Å². The van der Waals surface area contributed by atoms with Gasteiger partial charge in [0.25, 0.3) is 0 Å². The van der Waals surface area contributed by atoms with Crippen molar-refractivity contribution in [3.05, 3.63) is 29.8 Å². The van der Waals surface area contributed by atoms with Gasteiger partial charge in [-0.25, -0.2) is 0 Å².